The smallest absolute Gasteiger partial charge is 0.128 e. The number of benzene rings is 2. The molecular formula is C21H25NO. The molecule has 3 rings (SSSR count). The largest absolute Gasteiger partial charge is 0.496 e. The van der Waals surface area contributed by atoms with Crippen LogP contribution in [0.3, 0.4) is 0 Å². The zero-order chi connectivity index (χ0) is 16.6. The molecule has 1 unspecified atom stereocenters. The topological polar surface area (TPSA) is 25.0 Å². The van der Waals surface area contributed by atoms with Gasteiger partial charge in [0.05, 0.1) is 7.11 Å². The van der Waals surface area contributed by atoms with Crippen LogP contribution in [0.4, 0.5) is 0 Å². The molecule has 0 spiro atoms. The van der Waals surface area contributed by atoms with E-state index in [4.69, 9.17) is 4.74 Å². The van der Waals surface area contributed by atoms with Gasteiger partial charge in [0.25, 0.3) is 0 Å². The van der Waals surface area contributed by atoms with E-state index in [2.05, 4.69) is 69.2 Å². The van der Waals surface area contributed by atoms with E-state index in [1.807, 2.05) is 12.1 Å². The molecule has 0 amide bonds. The molecule has 0 saturated heterocycles. The zero-order valence-corrected chi connectivity index (χ0v) is 14.6. The van der Waals surface area contributed by atoms with E-state index >= 15 is 0 Å². The summed E-state index contributed by atoms with van der Waals surface area (Å²) in [5, 5.41) is 1.19. The van der Waals surface area contributed by atoms with Crippen molar-refractivity contribution in [3.8, 4) is 5.75 Å². The first-order chi connectivity index (χ1) is 11.0. The van der Waals surface area contributed by atoms with E-state index in [1.165, 1.54) is 22.1 Å². The van der Waals surface area contributed by atoms with Crippen LogP contribution >= 0.6 is 0 Å². The van der Waals surface area contributed by atoms with Gasteiger partial charge in [-0.1, -0.05) is 56.7 Å². The van der Waals surface area contributed by atoms with Crippen molar-refractivity contribution in [1.82, 2.24) is 4.98 Å². The third-order valence-corrected chi connectivity index (χ3v) is 5.25. The van der Waals surface area contributed by atoms with Gasteiger partial charge in [-0.3, -0.25) is 0 Å². The number of aromatic nitrogens is 1. The van der Waals surface area contributed by atoms with Gasteiger partial charge >= 0.3 is 0 Å². The Hall–Kier alpha value is -2.22. The van der Waals surface area contributed by atoms with Crippen molar-refractivity contribution >= 4 is 10.9 Å². The maximum Gasteiger partial charge on any atom is 0.128 e. The Morgan fingerprint density at radius 3 is 2.35 bits per heavy atom. The fourth-order valence-electron chi connectivity index (χ4n) is 3.43. The number of methoxy groups -OCH3 is 1. The third kappa shape index (κ3) is 2.42. The number of ether oxygens (including phenoxy) is 1. The number of hydrogen-bond acceptors (Lipinski definition) is 1. The van der Waals surface area contributed by atoms with Crippen LogP contribution in [0.1, 0.15) is 37.5 Å². The summed E-state index contributed by atoms with van der Waals surface area (Å²) < 4.78 is 5.64. The van der Waals surface area contributed by atoms with Crippen LogP contribution in [0.25, 0.3) is 10.9 Å². The first-order valence-electron chi connectivity index (χ1n) is 8.20. The average Bonchev–Trinajstić information content (AvgIpc) is 2.99. The lowest BCUT2D eigenvalue weighted by Crippen LogP contribution is -2.30. The van der Waals surface area contributed by atoms with Crippen LogP contribution in [-0.4, -0.2) is 12.1 Å². The molecule has 0 aliphatic carbocycles. The minimum Gasteiger partial charge on any atom is -0.496 e. The molecular weight excluding hydrogens is 282 g/mol. The summed E-state index contributed by atoms with van der Waals surface area (Å²) in [6, 6.07) is 15.1. The Morgan fingerprint density at radius 2 is 1.74 bits per heavy atom. The average molecular weight is 307 g/mol. The lowest BCUT2D eigenvalue weighted by molar-refractivity contribution is 0.401. The van der Waals surface area contributed by atoms with Crippen LogP contribution in [-0.2, 0) is 5.41 Å². The quantitative estimate of drug-likeness (QED) is 0.681. The molecule has 0 fully saturated rings. The molecule has 0 radical (unpaired) electrons. The van der Waals surface area contributed by atoms with Crippen molar-refractivity contribution in [2.45, 2.75) is 33.1 Å². The van der Waals surface area contributed by atoms with Crippen LogP contribution < -0.4 is 4.74 Å². The van der Waals surface area contributed by atoms with Gasteiger partial charge in [-0.05, 0) is 36.1 Å². The maximum atomic E-state index is 5.64. The number of nitrogens with one attached hydrogen (secondary N) is 1. The van der Waals surface area contributed by atoms with Gasteiger partial charge in [0, 0.05) is 22.5 Å². The SMILES string of the molecule is COc1cccc2[nH]cc(C(C)(c3ccc(C)cc3)C(C)C)c12. The summed E-state index contributed by atoms with van der Waals surface area (Å²) >= 11 is 0. The van der Waals surface area contributed by atoms with Gasteiger partial charge in [-0.2, -0.15) is 0 Å². The second kappa shape index (κ2) is 5.77. The molecule has 2 aromatic carbocycles. The number of fused-ring (bicyclic) bond motifs is 1. The first kappa shape index (κ1) is 15.7. The Morgan fingerprint density at radius 1 is 1.04 bits per heavy atom. The number of aryl methyl sites for hydroxylation is 1. The van der Waals surface area contributed by atoms with Crippen LogP contribution in [0.15, 0.2) is 48.7 Å². The van der Waals surface area contributed by atoms with Crippen LogP contribution in [0.2, 0.25) is 0 Å². The van der Waals surface area contributed by atoms with Crippen LogP contribution in [0, 0.1) is 12.8 Å². The molecule has 23 heavy (non-hydrogen) atoms. The Balaban J connectivity index is 2.29. The number of rotatable bonds is 4. The molecule has 0 saturated carbocycles. The number of hydrogen-bond donors (Lipinski definition) is 1. The molecule has 3 aromatic rings. The number of H-pyrrole nitrogens is 1. The highest BCUT2D eigenvalue weighted by Crippen LogP contribution is 2.44. The minimum absolute atomic E-state index is 0.0828. The second-order valence-corrected chi connectivity index (χ2v) is 6.81. The minimum atomic E-state index is -0.0828. The molecule has 2 heteroatoms. The molecule has 0 aliphatic heterocycles. The van der Waals surface area contributed by atoms with Crippen molar-refractivity contribution < 1.29 is 4.74 Å². The molecule has 1 heterocycles. The molecule has 1 atom stereocenters. The highest BCUT2D eigenvalue weighted by atomic mass is 16.5. The standard InChI is InChI=1S/C21H25NO/c1-14(2)21(4,16-11-9-15(3)10-12-16)17-13-22-18-7-6-8-19(23-5)20(17)18/h6-14,22H,1-5H3. The highest BCUT2D eigenvalue weighted by Gasteiger charge is 2.35. The van der Waals surface area contributed by atoms with Crippen molar-refractivity contribution in [1.29, 1.82) is 0 Å². The van der Waals surface area contributed by atoms with Gasteiger partial charge in [0.1, 0.15) is 5.75 Å². The summed E-state index contributed by atoms with van der Waals surface area (Å²) in [7, 11) is 1.74. The fraction of sp³-hybridized carbons (Fsp3) is 0.333. The summed E-state index contributed by atoms with van der Waals surface area (Å²) in [4.78, 5) is 3.42. The zero-order valence-electron chi connectivity index (χ0n) is 14.6. The van der Waals surface area contributed by atoms with Gasteiger partial charge in [-0.15, -0.1) is 0 Å². The normalized spacial score (nSPS) is 14.2. The van der Waals surface area contributed by atoms with E-state index in [0.717, 1.165) is 11.3 Å². The molecule has 1 aromatic heterocycles. The fourth-order valence-corrected chi connectivity index (χ4v) is 3.43. The van der Waals surface area contributed by atoms with E-state index < -0.39 is 0 Å². The maximum absolute atomic E-state index is 5.64. The summed E-state index contributed by atoms with van der Waals surface area (Å²) in [6.45, 7) is 9.03. The van der Waals surface area contributed by atoms with Gasteiger partial charge in [-0.25, -0.2) is 0 Å². The monoisotopic (exact) mass is 307 g/mol. The van der Waals surface area contributed by atoms with Crippen molar-refractivity contribution in [2.75, 3.05) is 7.11 Å². The predicted octanol–water partition coefficient (Wildman–Crippen LogP) is 5.45. The van der Waals surface area contributed by atoms with E-state index in [-0.39, 0.29) is 5.41 Å². The van der Waals surface area contributed by atoms with Gasteiger partial charge in [0.2, 0.25) is 0 Å². The Kier molecular flexibility index (Phi) is 3.93. The van der Waals surface area contributed by atoms with Gasteiger partial charge in [0.15, 0.2) is 0 Å². The Bertz CT molecular complexity index is 813. The van der Waals surface area contributed by atoms with E-state index in [1.54, 1.807) is 7.11 Å². The molecule has 1 N–H and O–H groups in total. The van der Waals surface area contributed by atoms with Crippen molar-refractivity contribution in [2.24, 2.45) is 5.92 Å². The predicted molar refractivity (Wildman–Crippen MR) is 97.3 cm³/mol. The first-order valence-corrected chi connectivity index (χ1v) is 8.20. The molecule has 0 aliphatic rings. The van der Waals surface area contributed by atoms with Crippen molar-refractivity contribution in [3.05, 3.63) is 65.4 Å². The molecule has 2 nitrogen and oxygen atoms in total. The van der Waals surface area contributed by atoms with Crippen LogP contribution in [0.5, 0.6) is 5.75 Å². The summed E-state index contributed by atoms with van der Waals surface area (Å²) in [5.74, 6) is 1.38. The lowest BCUT2D eigenvalue weighted by Gasteiger charge is -2.35. The highest BCUT2D eigenvalue weighted by molar-refractivity contribution is 5.90. The Labute approximate surface area is 138 Å². The third-order valence-electron chi connectivity index (χ3n) is 5.25. The molecule has 0 bridgehead atoms. The van der Waals surface area contributed by atoms with Gasteiger partial charge < -0.3 is 9.72 Å². The van der Waals surface area contributed by atoms with E-state index in [9.17, 15) is 0 Å². The van der Waals surface area contributed by atoms with E-state index in [0.29, 0.717) is 5.92 Å². The lowest BCUT2D eigenvalue weighted by atomic mass is 9.68. The second-order valence-electron chi connectivity index (χ2n) is 6.81. The summed E-state index contributed by atoms with van der Waals surface area (Å²) in [6.07, 6.45) is 2.15. The summed E-state index contributed by atoms with van der Waals surface area (Å²) in [5.41, 5.74) is 4.96. The number of aromatic amines is 1. The van der Waals surface area contributed by atoms with Crippen molar-refractivity contribution in [3.63, 3.8) is 0 Å². The molecule has 120 valence electrons.